The molecule has 17 heavy (non-hydrogen) atoms. The van der Waals surface area contributed by atoms with Crippen LogP contribution in [0.5, 0.6) is 0 Å². The topological polar surface area (TPSA) is 64.4 Å². The normalized spacial score (nSPS) is 35.5. The highest BCUT2D eigenvalue weighted by Crippen LogP contribution is 2.23. The average molecular weight is 240 g/mol. The molecule has 0 aromatic heterocycles. The summed E-state index contributed by atoms with van der Waals surface area (Å²) in [7, 11) is 0. The minimum atomic E-state index is 0.00704. The SMILES string of the molecule is CC(NC(=O)C1CCCCC1N)C1CCCO1. The van der Waals surface area contributed by atoms with Gasteiger partial charge in [-0.05, 0) is 32.6 Å². The van der Waals surface area contributed by atoms with E-state index >= 15 is 0 Å². The van der Waals surface area contributed by atoms with Crippen molar-refractivity contribution in [3.05, 3.63) is 0 Å². The molecule has 4 atom stereocenters. The molecule has 1 aliphatic carbocycles. The van der Waals surface area contributed by atoms with Crippen LogP contribution in [0.15, 0.2) is 0 Å². The zero-order chi connectivity index (χ0) is 12.3. The van der Waals surface area contributed by atoms with Gasteiger partial charge < -0.3 is 15.8 Å². The predicted octanol–water partition coefficient (Wildman–Crippen LogP) is 1.19. The van der Waals surface area contributed by atoms with Gasteiger partial charge in [0.25, 0.3) is 0 Å². The van der Waals surface area contributed by atoms with E-state index in [1.54, 1.807) is 0 Å². The summed E-state index contributed by atoms with van der Waals surface area (Å²) in [6, 6.07) is 0.152. The van der Waals surface area contributed by atoms with Crippen LogP contribution in [0, 0.1) is 5.92 Å². The molecule has 2 rings (SSSR count). The maximum atomic E-state index is 12.1. The second kappa shape index (κ2) is 5.83. The van der Waals surface area contributed by atoms with Gasteiger partial charge in [0.15, 0.2) is 0 Å². The van der Waals surface area contributed by atoms with Crippen LogP contribution < -0.4 is 11.1 Å². The number of nitrogens with one attached hydrogen (secondary N) is 1. The Labute approximate surface area is 103 Å². The molecular weight excluding hydrogens is 216 g/mol. The van der Waals surface area contributed by atoms with E-state index in [9.17, 15) is 4.79 Å². The predicted molar refractivity (Wildman–Crippen MR) is 66.5 cm³/mol. The lowest BCUT2D eigenvalue weighted by molar-refractivity contribution is -0.128. The van der Waals surface area contributed by atoms with E-state index in [0.717, 1.165) is 45.1 Å². The number of rotatable bonds is 3. The van der Waals surface area contributed by atoms with E-state index in [0.29, 0.717) is 0 Å². The maximum absolute atomic E-state index is 12.1. The molecule has 3 N–H and O–H groups in total. The standard InChI is InChI=1S/C13H24N2O2/c1-9(12-7-4-8-17-12)15-13(16)10-5-2-3-6-11(10)14/h9-12H,2-8,14H2,1H3,(H,15,16). The minimum absolute atomic E-state index is 0.00704. The fraction of sp³-hybridized carbons (Fsp3) is 0.923. The van der Waals surface area contributed by atoms with Crippen molar-refractivity contribution in [1.82, 2.24) is 5.32 Å². The summed E-state index contributed by atoms with van der Waals surface area (Å²) in [5, 5.41) is 3.08. The summed E-state index contributed by atoms with van der Waals surface area (Å²) in [6.07, 6.45) is 6.55. The highest BCUT2D eigenvalue weighted by molar-refractivity contribution is 5.79. The number of hydrogen-bond acceptors (Lipinski definition) is 3. The molecule has 4 heteroatoms. The first-order chi connectivity index (χ1) is 8.18. The Hall–Kier alpha value is -0.610. The quantitative estimate of drug-likeness (QED) is 0.779. The van der Waals surface area contributed by atoms with Crippen molar-refractivity contribution < 1.29 is 9.53 Å². The molecule has 0 aromatic carbocycles. The van der Waals surface area contributed by atoms with Crippen LogP contribution in [0.1, 0.15) is 45.4 Å². The fourth-order valence-corrected chi connectivity index (χ4v) is 2.91. The summed E-state index contributed by atoms with van der Waals surface area (Å²) < 4.78 is 5.58. The Bertz CT molecular complexity index is 264. The van der Waals surface area contributed by atoms with Crippen LogP contribution in [-0.2, 0) is 9.53 Å². The molecule has 0 spiro atoms. The van der Waals surface area contributed by atoms with Gasteiger partial charge in [0.1, 0.15) is 0 Å². The maximum Gasteiger partial charge on any atom is 0.224 e. The molecule has 1 aliphatic heterocycles. The second-order valence-electron chi connectivity index (χ2n) is 5.40. The first-order valence-electron chi connectivity index (χ1n) is 6.86. The smallest absolute Gasteiger partial charge is 0.224 e. The highest BCUT2D eigenvalue weighted by Gasteiger charge is 2.31. The van der Waals surface area contributed by atoms with E-state index in [1.807, 2.05) is 6.92 Å². The van der Waals surface area contributed by atoms with Crippen molar-refractivity contribution in [2.45, 2.75) is 63.6 Å². The number of ether oxygens (including phenoxy) is 1. The molecule has 2 aliphatic rings. The fourth-order valence-electron chi connectivity index (χ4n) is 2.91. The average Bonchev–Trinajstić information content (AvgIpc) is 2.82. The van der Waals surface area contributed by atoms with Crippen molar-refractivity contribution in [2.24, 2.45) is 11.7 Å². The molecule has 0 bridgehead atoms. The van der Waals surface area contributed by atoms with Crippen molar-refractivity contribution in [3.63, 3.8) is 0 Å². The Morgan fingerprint density at radius 3 is 2.71 bits per heavy atom. The van der Waals surface area contributed by atoms with Crippen molar-refractivity contribution in [3.8, 4) is 0 Å². The van der Waals surface area contributed by atoms with Gasteiger partial charge in [0.05, 0.1) is 18.1 Å². The van der Waals surface area contributed by atoms with Gasteiger partial charge in [-0.1, -0.05) is 12.8 Å². The third-order valence-electron chi connectivity index (χ3n) is 4.05. The van der Waals surface area contributed by atoms with E-state index in [2.05, 4.69) is 5.32 Å². The van der Waals surface area contributed by atoms with Crippen LogP contribution >= 0.6 is 0 Å². The van der Waals surface area contributed by atoms with Gasteiger partial charge >= 0.3 is 0 Å². The molecule has 4 nitrogen and oxygen atoms in total. The largest absolute Gasteiger partial charge is 0.376 e. The van der Waals surface area contributed by atoms with Gasteiger partial charge in [0.2, 0.25) is 5.91 Å². The Morgan fingerprint density at radius 2 is 2.06 bits per heavy atom. The highest BCUT2D eigenvalue weighted by atomic mass is 16.5. The summed E-state index contributed by atoms with van der Waals surface area (Å²) in [6.45, 7) is 2.86. The van der Waals surface area contributed by atoms with Crippen molar-refractivity contribution in [2.75, 3.05) is 6.61 Å². The van der Waals surface area contributed by atoms with Gasteiger partial charge in [-0.3, -0.25) is 4.79 Å². The van der Waals surface area contributed by atoms with Gasteiger partial charge in [-0.2, -0.15) is 0 Å². The lowest BCUT2D eigenvalue weighted by atomic mass is 9.84. The van der Waals surface area contributed by atoms with Crippen molar-refractivity contribution >= 4 is 5.91 Å². The zero-order valence-electron chi connectivity index (χ0n) is 10.7. The third kappa shape index (κ3) is 3.19. The van der Waals surface area contributed by atoms with Gasteiger partial charge in [-0.25, -0.2) is 0 Å². The molecular formula is C13H24N2O2. The first kappa shape index (κ1) is 12.8. The lowest BCUT2D eigenvalue weighted by Gasteiger charge is -2.29. The molecule has 1 heterocycles. The minimum Gasteiger partial charge on any atom is -0.376 e. The molecule has 1 saturated carbocycles. The Morgan fingerprint density at radius 1 is 1.29 bits per heavy atom. The molecule has 1 amide bonds. The molecule has 1 saturated heterocycles. The van der Waals surface area contributed by atoms with E-state index < -0.39 is 0 Å². The lowest BCUT2D eigenvalue weighted by Crippen LogP contribution is -2.49. The number of hydrogen-bond donors (Lipinski definition) is 2. The van der Waals surface area contributed by atoms with Crippen molar-refractivity contribution in [1.29, 1.82) is 0 Å². The molecule has 2 fully saturated rings. The molecule has 0 aromatic rings. The summed E-state index contributed by atoms with van der Waals surface area (Å²) in [4.78, 5) is 12.1. The van der Waals surface area contributed by atoms with Crippen LogP contribution in [0.2, 0.25) is 0 Å². The Kier molecular flexibility index (Phi) is 4.40. The van der Waals surface area contributed by atoms with Gasteiger partial charge in [0, 0.05) is 12.6 Å². The number of nitrogens with two attached hydrogens (primary N) is 1. The number of amides is 1. The monoisotopic (exact) mass is 240 g/mol. The molecule has 4 unspecified atom stereocenters. The number of carbonyl (C=O) groups excluding carboxylic acids is 1. The van der Waals surface area contributed by atoms with E-state index in [-0.39, 0.29) is 30.0 Å². The second-order valence-corrected chi connectivity index (χ2v) is 5.40. The van der Waals surface area contributed by atoms with Crippen LogP contribution in [0.4, 0.5) is 0 Å². The first-order valence-corrected chi connectivity index (χ1v) is 6.86. The number of carbonyl (C=O) groups is 1. The summed E-state index contributed by atoms with van der Waals surface area (Å²) >= 11 is 0. The van der Waals surface area contributed by atoms with Crippen LogP contribution in [-0.4, -0.2) is 30.7 Å². The van der Waals surface area contributed by atoms with Crippen LogP contribution in [0.25, 0.3) is 0 Å². The van der Waals surface area contributed by atoms with E-state index in [1.165, 1.54) is 0 Å². The summed E-state index contributed by atoms with van der Waals surface area (Å²) in [5.41, 5.74) is 6.02. The van der Waals surface area contributed by atoms with E-state index in [4.69, 9.17) is 10.5 Å². The van der Waals surface area contributed by atoms with Gasteiger partial charge in [-0.15, -0.1) is 0 Å². The molecule has 0 radical (unpaired) electrons. The van der Waals surface area contributed by atoms with Crippen LogP contribution in [0.3, 0.4) is 0 Å². The summed E-state index contributed by atoms with van der Waals surface area (Å²) in [5.74, 6) is 0.132. The molecule has 98 valence electrons. The third-order valence-corrected chi connectivity index (χ3v) is 4.05. The Balaban J connectivity index is 1.82. The zero-order valence-corrected chi connectivity index (χ0v) is 10.7.